The lowest BCUT2D eigenvalue weighted by molar-refractivity contribution is -0.140. The first-order valence-electron chi connectivity index (χ1n) is 3.84. The van der Waals surface area contributed by atoms with Crippen molar-refractivity contribution in [1.82, 2.24) is 0 Å². The molecule has 1 aliphatic carbocycles. The van der Waals surface area contributed by atoms with Gasteiger partial charge in [0.15, 0.2) is 0 Å². The Morgan fingerprint density at radius 1 is 1.73 bits per heavy atom. The average molecular weight is 156 g/mol. The number of carboxylic acid groups (broad SMARTS) is 1. The van der Waals surface area contributed by atoms with Crippen LogP contribution in [0.25, 0.3) is 0 Å². The molecule has 0 bridgehead atoms. The van der Waals surface area contributed by atoms with Crippen LogP contribution in [0.2, 0.25) is 0 Å². The van der Waals surface area contributed by atoms with E-state index in [9.17, 15) is 9.59 Å². The zero-order chi connectivity index (χ0) is 8.43. The number of hydrogen-bond donors (Lipinski definition) is 1. The van der Waals surface area contributed by atoms with Gasteiger partial charge in [-0.15, -0.1) is 0 Å². The van der Waals surface area contributed by atoms with Crippen molar-refractivity contribution in [2.24, 2.45) is 11.8 Å². The molecule has 1 saturated carbocycles. The highest BCUT2D eigenvalue weighted by atomic mass is 16.4. The molecular weight excluding hydrogens is 144 g/mol. The molecule has 3 nitrogen and oxygen atoms in total. The molecule has 1 N–H and O–H groups in total. The van der Waals surface area contributed by atoms with E-state index in [1.165, 1.54) is 0 Å². The first-order chi connectivity index (χ1) is 5.09. The second kappa shape index (κ2) is 3.03. The average Bonchev–Trinajstić information content (AvgIpc) is 2.09. The molecule has 0 heterocycles. The van der Waals surface area contributed by atoms with Crippen molar-refractivity contribution in [1.29, 1.82) is 0 Å². The third-order valence-corrected chi connectivity index (χ3v) is 2.11. The summed E-state index contributed by atoms with van der Waals surface area (Å²) in [6, 6.07) is 0. The van der Waals surface area contributed by atoms with Crippen LogP contribution in [-0.4, -0.2) is 16.9 Å². The lowest BCUT2D eigenvalue weighted by atomic mass is 10.0. The number of carbonyl (C=O) groups is 2. The van der Waals surface area contributed by atoms with Crippen LogP contribution in [-0.2, 0) is 9.59 Å². The summed E-state index contributed by atoms with van der Waals surface area (Å²) in [5.74, 6) is -0.563. The Bertz CT molecular complexity index is 186. The standard InChI is InChI=1S/C8H12O3/c1-5-2-6(4-8(10)11)7(9)3-5/h5-6H,2-4H2,1H3,(H,10,11). The zero-order valence-electron chi connectivity index (χ0n) is 6.54. The maximum atomic E-state index is 11.1. The number of carbonyl (C=O) groups excluding carboxylic acids is 1. The Hall–Kier alpha value is -0.860. The Labute approximate surface area is 65.4 Å². The fourth-order valence-electron chi connectivity index (χ4n) is 1.62. The second-order valence-corrected chi connectivity index (χ2v) is 3.31. The molecule has 11 heavy (non-hydrogen) atoms. The van der Waals surface area contributed by atoms with Gasteiger partial charge in [0.25, 0.3) is 0 Å². The van der Waals surface area contributed by atoms with Crippen LogP contribution in [0.3, 0.4) is 0 Å². The fourth-order valence-corrected chi connectivity index (χ4v) is 1.62. The van der Waals surface area contributed by atoms with Crippen LogP contribution in [0.15, 0.2) is 0 Å². The molecule has 0 radical (unpaired) electrons. The van der Waals surface area contributed by atoms with Gasteiger partial charge >= 0.3 is 5.97 Å². The van der Waals surface area contributed by atoms with Crippen LogP contribution in [0, 0.1) is 11.8 Å². The maximum Gasteiger partial charge on any atom is 0.304 e. The van der Waals surface area contributed by atoms with Crippen molar-refractivity contribution < 1.29 is 14.7 Å². The summed E-state index contributed by atoms with van der Waals surface area (Å²) in [5.41, 5.74) is 0. The van der Waals surface area contributed by atoms with E-state index < -0.39 is 5.97 Å². The first-order valence-corrected chi connectivity index (χ1v) is 3.84. The molecule has 2 unspecified atom stereocenters. The van der Waals surface area contributed by atoms with Crippen molar-refractivity contribution in [2.75, 3.05) is 0 Å². The van der Waals surface area contributed by atoms with Gasteiger partial charge in [-0.3, -0.25) is 9.59 Å². The van der Waals surface area contributed by atoms with Crippen molar-refractivity contribution in [2.45, 2.75) is 26.2 Å². The lowest BCUT2D eigenvalue weighted by Gasteiger charge is -2.02. The summed E-state index contributed by atoms with van der Waals surface area (Å²) < 4.78 is 0. The number of Topliss-reactive ketones (excluding diaryl/α,β-unsaturated/α-hetero) is 1. The summed E-state index contributed by atoms with van der Waals surface area (Å²) in [4.78, 5) is 21.3. The van der Waals surface area contributed by atoms with Gasteiger partial charge in [-0.25, -0.2) is 0 Å². The quantitative estimate of drug-likeness (QED) is 0.650. The highest BCUT2D eigenvalue weighted by Crippen LogP contribution is 2.29. The van der Waals surface area contributed by atoms with Crippen LogP contribution in [0.4, 0.5) is 0 Å². The SMILES string of the molecule is CC1CC(=O)C(CC(=O)O)C1. The summed E-state index contributed by atoms with van der Waals surface area (Å²) in [7, 11) is 0. The normalized spacial score (nSPS) is 30.8. The number of ketones is 1. The molecule has 0 spiro atoms. The second-order valence-electron chi connectivity index (χ2n) is 3.31. The highest BCUT2D eigenvalue weighted by Gasteiger charge is 2.31. The minimum Gasteiger partial charge on any atom is -0.481 e. The van der Waals surface area contributed by atoms with Crippen molar-refractivity contribution in [3.05, 3.63) is 0 Å². The Morgan fingerprint density at radius 2 is 2.36 bits per heavy atom. The molecule has 1 rings (SSSR count). The zero-order valence-corrected chi connectivity index (χ0v) is 6.54. The van der Waals surface area contributed by atoms with Gasteiger partial charge < -0.3 is 5.11 Å². The molecule has 2 atom stereocenters. The summed E-state index contributed by atoms with van der Waals surface area (Å²) >= 11 is 0. The number of carboxylic acids is 1. The third kappa shape index (κ3) is 2.03. The molecule has 0 amide bonds. The molecule has 0 aliphatic heterocycles. The van der Waals surface area contributed by atoms with Crippen LogP contribution >= 0.6 is 0 Å². The van der Waals surface area contributed by atoms with E-state index in [0.717, 1.165) is 6.42 Å². The lowest BCUT2D eigenvalue weighted by Crippen LogP contribution is -2.11. The van der Waals surface area contributed by atoms with Gasteiger partial charge in [0.2, 0.25) is 0 Å². The van der Waals surface area contributed by atoms with E-state index in [-0.39, 0.29) is 18.1 Å². The van der Waals surface area contributed by atoms with Crippen LogP contribution in [0.1, 0.15) is 26.2 Å². The first kappa shape index (κ1) is 8.24. The van der Waals surface area contributed by atoms with Crippen molar-refractivity contribution in [3.8, 4) is 0 Å². The van der Waals surface area contributed by atoms with Gasteiger partial charge in [0, 0.05) is 12.3 Å². The van der Waals surface area contributed by atoms with Gasteiger partial charge in [-0.1, -0.05) is 6.92 Å². The fraction of sp³-hybridized carbons (Fsp3) is 0.750. The van der Waals surface area contributed by atoms with E-state index in [1.54, 1.807) is 0 Å². The molecule has 0 aromatic carbocycles. The van der Waals surface area contributed by atoms with Crippen LogP contribution in [0.5, 0.6) is 0 Å². The molecule has 1 aliphatic rings. The topological polar surface area (TPSA) is 54.4 Å². The summed E-state index contributed by atoms with van der Waals surface area (Å²) in [5, 5.41) is 8.43. The minimum absolute atomic E-state index is 0.0170. The largest absolute Gasteiger partial charge is 0.481 e. The number of aliphatic carboxylic acids is 1. The van der Waals surface area contributed by atoms with E-state index in [1.807, 2.05) is 6.92 Å². The van der Waals surface area contributed by atoms with Gasteiger partial charge in [0.1, 0.15) is 5.78 Å². The number of hydrogen-bond acceptors (Lipinski definition) is 2. The maximum absolute atomic E-state index is 11.1. The Kier molecular flexibility index (Phi) is 2.27. The Balaban J connectivity index is 2.47. The highest BCUT2D eigenvalue weighted by molar-refractivity contribution is 5.86. The molecule has 1 fully saturated rings. The summed E-state index contributed by atoms with van der Waals surface area (Å²) in [6.45, 7) is 1.99. The monoisotopic (exact) mass is 156 g/mol. The van der Waals surface area contributed by atoms with E-state index >= 15 is 0 Å². The Morgan fingerprint density at radius 3 is 2.73 bits per heavy atom. The van der Waals surface area contributed by atoms with Crippen molar-refractivity contribution in [3.63, 3.8) is 0 Å². The predicted octanol–water partition coefficient (Wildman–Crippen LogP) is 1.08. The van der Waals surface area contributed by atoms with E-state index in [4.69, 9.17) is 5.11 Å². The van der Waals surface area contributed by atoms with Crippen molar-refractivity contribution >= 4 is 11.8 Å². The molecular formula is C8H12O3. The molecule has 0 saturated heterocycles. The predicted molar refractivity (Wildman–Crippen MR) is 39.1 cm³/mol. The van der Waals surface area contributed by atoms with Gasteiger partial charge in [0.05, 0.1) is 6.42 Å². The smallest absolute Gasteiger partial charge is 0.304 e. The van der Waals surface area contributed by atoms with E-state index in [2.05, 4.69) is 0 Å². The third-order valence-electron chi connectivity index (χ3n) is 2.11. The summed E-state index contributed by atoms with van der Waals surface area (Å²) in [6.07, 6.45) is 1.34. The van der Waals surface area contributed by atoms with Gasteiger partial charge in [-0.2, -0.15) is 0 Å². The molecule has 0 aromatic rings. The van der Waals surface area contributed by atoms with E-state index in [0.29, 0.717) is 12.3 Å². The number of rotatable bonds is 2. The molecule has 62 valence electrons. The molecule has 0 aromatic heterocycles. The van der Waals surface area contributed by atoms with Gasteiger partial charge in [-0.05, 0) is 12.3 Å². The molecule has 3 heteroatoms. The van der Waals surface area contributed by atoms with Crippen LogP contribution < -0.4 is 0 Å². The minimum atomic E-state index is -0.863.